The summed E-state index contributed by atoms with van der Waals surface area (Å²) < 4.78 is 15.6. The molecule has 1 aliphatic heterocycles. The number of rotatable bonds is 3. The van der Waals surface area contributed by atoms with Gasteiger partial charge in [-0.15, -0.1) is 0 Å². The lowest BCUT2D eigenvalue weighted by Crippen LogP contribution is -2.30. The van der Waals surface area contributed by atoms with Gasteiger partial charge in [-0.3, -0.25) is 4.79 Å². The molecule has 0 N–H and O–H groups in total. The highest BCUT2D eigenvalue weighted by molar-refractivity contribution is 6.19. The summed E-state index contributed by atoms with van der Waals surface area (Å²) in [6.45, 7) is 3.45. The number of carbonyl (C=O) groups is 1. The number of anilines is 1. The van der Waals surface area contributed by atoms with E-state index in [-0.39, 0.29) is 18.5 Å². The number of methoxy groups -OCH3 is 1. The summed E-state index contributed by atoms with van der Waals surface area (Å²) in [5.74, 6) is 1.07. The van der Waals surface area contributed by atoms with E-state index >= 15 is 0 Å². The fourth-order valence-electron chi connectivity index (χ4n) is 2.23. The van der Waals surface area contributed by atoms with E-state index in [4.69, 9.17) is 14.0 Å². The van der Waals surface area contributed by atoms with Crippen LogP contribution < -0.4 is 9.64 Å². The van der Waals surface area contributed by atoms with Crippen molar-refractivity contribution in [2.24, 2.45) is 4.99 Å². The molecule has 1 amide bonds. The molecule has 2 heterocycles. The molecular formula is C15H15N3O4. The second-order valence-corrected chi connectivity index (χ2v) is 4.78. The fourth-order valence-corrected chi connectivity index (χ4v) is 2.23. The number of aromatic nitrogens is 1. The Bertz CT molecular complexity index is 714. The molecule has 0 bridgehead atoms. The van der Waals surface area contributed by atoms with Gasteiger partial charge in [0.2, 0.25) is 0 Å². The molecule has 1 aliphatic rings. The molecule has 22 heavy (non-hydrogen) atoms. The van der Waals surface area contributed by atoms with Crippen molar-refractivity contribution in [2.45, 2.75) is 13.8 Å². The Kier molecular flexibility index (Phi) is 3.54. The molecule has 7 heteroatoms. The zero-order valence-electron chi connectivity index (χ0n) is 12.5. The van der Waals surface area contributed by atoms with Crippen LogP contribution in [0.25, 0.3) is 0 Å². The van der Waals surface area contributed by atoms with Crippen molar-refractivity contribution >= 4 is 23.3 Å². The summed E-state index contributed by atoms with van der Waals surface area (Å²) in [5, 5.41) is 3.86. The fraction of sp³-hybridized carbons (Fsp3) is 0.267. The minimum absolute atomic E-state index is 0.0565. The van der Waals surface area contributed by atoms with Gasteiger partial charge in [0.05, 0.1) is 12.8 Å². The molecule has 114 valence electrons. The Balaban J connectivity index is 1.98. The summed E-state index contributed by atoms with van der Waals surface area (Å²) in [4.78, 5) is 17.9. The Morgan fingerprint density at radius 3 is 2.59 bits per heavy atom. The first kappa shape index (κ1) is 14.1. The maximum absolute atomic E-state index is 12.1. The van der Waals surface area contributed by atoms with E-state index < -0.39 is 0 Å². The summed E-state index contributed by atoms with van der Waals surface area (Å²) in [7, 11) is 1.60. The van der Waals surface area contributed by atoms with Gasteiger partial charge in [-0.05, 0) is 38.1 Å². The third-order valence-electron chi connectivity index (χ3n) is 3.28. The second-order valence-electron chi connectivity index (χ2n) is 4.78. The van der Waals surface area contributed by atoms with Crippen LogP contribution >= 0.6 is 0 Å². The number of amidine groups is 1. The highest BCUT2D eigenvalue weighted by atomic mass is 16.5. The van der Waals surface area contributed by atoms with E-state index in [0.29, 0.717) is 22.8 Å². The second kappa shape index (κ2) is 5.51. The molecule has 0 radical (unpaired) electrons. The lowest BCUT2D eigenvalue weighted by Gasteiger charge is -2.13. The zero-order chi connectivity index (χ0) is 15.7. The molecule has 0 unspecified atom stereocenters. The normalized spacial score (nSPS) is 16.2. The molecule has 0 aliphatic carbocycles. The van der Waals surface area contributed by atoms with E-state index in [2.05, 4.69) is 10.1 Å². The Labute approximate surface area is 127 Å². The molecule has 1 aromatic carbocycles. The Morgan fingerprint density at radius 1 is 1.27 bits per heavy atom. The third-order valence-corrected chi connectivity index (χ3v) is 3.28. The zero-order valence-corrected chi connectivity index (χ0v) is 12.5. The number of hydrogen-bond donors (Lipinski definition) is 0. The van der Waals surface area contributed by atoms with Gasteiger partial charge in [0.25, 0.3) is 5.91 Å². The van der Waals surface area contributed by atoms with Gasteiger partial charge in [-0.2, -0.15) is 4.99 Å². The van der Waals surface area contributed by atoms with Crippen molar-refractivity contribution in [3.8, 4) is 5.75 Å². The van der Waals surface area contributed by atoms with Gasteiger partial charge in [-0.25, -0.2) is 4.90 Å². The first-order valence-corrected chi connectivity index (χ1v) is 6.71. The maximum atomic E-state index is 12.1. The molecule has 3 rings (SSSR count). The monoisotopic (exact) mass is 301 g/mol. The first-order chi connectivity index (χ1) is 10.6. The van der Waals surface area contributed by atoms with Crippen LogP contribution in [0.1, 0.15) is 11.5 Å². The molecule has 7 nitrogen and oxygen atoms in total. The van der Waals surface area contributed by atoms with Crippen LogP contribution in [0, 0.1) is 13.8 Å². The number of hydrogen-bond acceptors (Lipinski definition) is 6. The molecule has 0 saturated carbocycles. The van der Waals surface area contributed by atoms with Crippen molar-refractivity contribution in [3.05, 3.63) is 35.7 Å². The predicted octanol–water partition coefficient (Wildman–Crippen LogP) is 2.35. The van der Waals surface area contributed by atoms with Crippen LogP contribution in [-0.2, 0) is 9.53 Å². The molecule has 1 saturated heterocycles. The van der Waals surface area contributed by atoms with Crippen molar-refractivity contribution in [1.29, 1.82) is 0 Å². The molecule has 1 aromatic heterocycles. The van der Waals surface area contributed by atoms with Gasteiger partial charge in [-0.1, -0.05) is 5.16 Å². The van der Waals surface area contributed by atoms with E-state index in [0.717, 1.165) is 5.75 Å². The highest BCUT2D eigenvalue weighted by Gasteiger charge is 2.35. The summed E-state index contributed by atoms with van der Waals surface area (Å²) >= 11 is 0. The topological polar surface area (TPSA) is 77.2 Å². The molecular weight excluding hydrogens is 286 g/mol. The van der Waals surface area contributed by atoms with Gasteiger partial charge < -0.3 is 14.0 Å². The average Bonchev–Trinajstić information content (AvgIpc) is 3.03. The van der Waals surface area contributed by atoms with Crippen LogP contribution in [0.2, 0.25) is 0 Å². The summed E-state index contributed by atoms with van der Waals surface area (Å²) in [6.07, 6.45) is 0. The number of ether oxygens (including phenoxy) is 2. The van der Waals surface area contributed by atoms with Crippen LogP contribution in [0.3, 0.4) is 0 Å². The minimum atomic E-state index is -0.207. The smallest absolute Gasteiger partial charge is 0.305 e. The van der Waals surface area contributed by atoms with E-state index in [1.165, 1.54) is 4.90 Å². The van der Waals surface area contributed by atoms with Gasteiger partial charge in [0.1, 0.15) is 17.1 Å². The maximum Gasteiger partial charge on any atom is 0.305 e. The van der Waals surface area contributed by atoms with Gasteiger partial charge >= 0.3 is 6.02 Å². The lowest BCUT2D eigenvalue weighted by molar-refractivity contribution is -0.117. The SMILES string of the molecule is COc1ccc(N=C2OCC(=O)N2c2c(C)noc2C)cc1. The molecule has 0 spiro atoms. The van der Waals surface area contributed by atoms with Crippen molar-refractivity contribution < 1.29 is 18.8 Å². The molecule has 2 aromatic rings. The standard InChI is InChI=1S/C15H15N3O4/c1-9-14(10(2)22-17-9)18-13(19)8-21-15(18)16-11-4-6-12(20-3)7-5-11/h4-7H,8H2,1-3H3. The van der Waals surface area contributed by atoms with E-state index in [1.54, 1.807) is 45.2 Å². The average molecular weight is 301 g/mol. The number of benzene rings is 1. The number of nitrogens with zero attached hydrogens (tertiary/aromatic N) is 3. The Hall–Kier alpha value is -2.83. The third kappa shape index (κ3) is 2.41. The number of aryl methyl sites for hydroxylation is 2. The van der Waals surface area contributed by atoms with Crippen molar-refractivity contribution in [1.82, 2.24) is 5.16 Å². The molecule has 0 atom stereocenters. The lowest BCUT2D eigenvalue weighted by atomic mass is 10.3. The number of carbonyl (C=O) groups excluding carboxylic acids is 1. The van der Waals surface area contributed by atoms with E-state index in [9.17, 15) is 4.79 Å². The molecule has 1 fully saturated rings. The largest absolute Gasteiger partial charge is 0.497 e. The minimum Gasteiger partial charge on any atom is -0.497 e. The van der Waals surface area contributed by atoms with Crippen LogP contribution in [0.5, 0.6) is 5.75 Å². The Morgan fingerprint density at radius 2 is 2.00 bits per heavy atom. The number of aliphatic imine (C=N–C) groups is 1. The highest BCUT2D eigenvalue weighted by Crippen LogP contribution is 2.28. The quantitative estimate of drug-likeness (QED) is 0.869. The van der Waals surface area contributed by atoms with E-state index in [1.807, 2.05) is 0 Å². The van der Waals surface area contributed by atoms with Gasteiger partial charge in [0, 0.05) is 0 Å². The summed E-state index contributed by atoms with van der Waals surface area (Å²) in [5.41, 5.74) is 1.84. The van der Waals surface area contributed by atoms with Crippen molar-refractivity contribution in [3.63, 3.8) is 0 Å². The van der Waals surface area contributed by atoms with Crippen LogP contribution in [-0.4, -0.2) is 30.8 Å². The van der Waals surface area contributed by atoms with Crippen molar-refractivity contribution in [2.75, 3.05) is 18.6 Å². The predicted molar refractivity (Wildman–Crippen MR) is 79.5 cm³/mol. The van der Waals surface area contributed by atoms with Crippen LogP contribution in [0.4, 0.5) is 11.4 Å². The van der Waals surface area contributed by atoms with Crippen LogP contribution in [0.15, 0.2) is 33.8 Å². The number of amides is 1. The summed E-state index contributed by atoms with van der Waals surface area (Å²) in [6, 6.07) is 7.35. The first-order valence-electron chi connectivity index (χ1n) is 6.71. The van der Waals surface area contributed by atoms with Gasteiger partial charge in [0.15, 0.2) is 12.4 Å².